The van der Waals surface area contributed by atoms with Crippen LogP contribution in [0.2, 0.25) is 0 Å². The Kier molecular flexibility index (Phi) is 2.59. The summed E-state index contributed by atoms with van der Waals surface area (Å²) in [4.78, 5) is 11.5. The number of aryl methyl sites for hydroxylation is 1. The third-order valence-corrected chi connectivity index (χ3v) is 2.89. The number of aromatic hydroxyl groups is 1. The topological polar surface area (TPSA) is 64.3 Å². The van der Waals surface area contributed by atoms with Crippen LogP contribution in [0.4, 0.5) is 0 Å². The summed E-state index contributed by atoms with van der Waals surface area (Å²) in [5.41, 5.74) is 0.502. The molecule has 0 atom stereocenters. The van der Waals surface area contributed by atoms with E-state index in [2.05, 4.69) is 25.8 Å². The number of phenolic OH excluding ortho intramolecular Hbond substituents is 1. The molecule has 0 aliphatic heterocycles. The zero-order valence-corrected chi connectivity index (χ0v) is 10.3. The third kappa shape index (κ3) is 1.55. The normalized spacial score (nSPS) is 10.7. The molecule has 0 bridgehead atoms. The van der Waals surface area contributed by atoms with Gasteiger partial charge in [0.15, 0.2) is 0 Å². The number of nitrogens with zero attached hydrogens (tertiary/aromatic N) is 2. The van der Waals surface area contributed by atoms with E-state index >= 15 is 0 Å². The van der Waals surface area contributed by atoms with Crippen molar-refractivity contribution in [3.05, 3.63) is 22.3 Å². The van der Waals surface area contributed by atoms with Gasteiger partial charge in [0.25, 0.3) is 0 Å². The third-order valence-electron chi connectivity index (χ3n) is 2.23. The van der Waals surface area contributed by atoms with Gasteiger partial charge in [-0.05, 0) is 22.0 Å². The second kappa shape index (κ2) is 3.79. The van der Waals surface area contributed by atoms with Crippen LogP contribution in [-0.4, -0.2) is 28.0 Å². The van der Waals surface area contributed by atoms with Gasteiger partial charge in [-0.25, -0.2) is 4.79 Å². The van der Waals surface area contributed by atoms with Crippen LogP contribution in [0.15, 0.2) is 16.7 Å². The van der Waals surface area contributed by atoms with E-state index < -0.39 is 5.97 Å². The highest BCUT2D eigenvalue weighted by molar-refractivity contribution is 9.10. The Morgan fingerprint density at radius 3 is 2.94 bits per heavy atom. The van der Waals surface area contributed by atoms with Gasteiger partial charge in [-0.2, -0.15) is 5.10 Å². The molecule has 0 fully saturated rings. The lowest BCUT2D eigenvalue weighted by Crippen LogP contribution is -2.03. The van der Waals surface area contributed by atoms with Crippen LogP contribution < -0.4 is 0 Å². The van der Waals surface area contributed by atoms with Gasteiger partial charge in [0.05, 0.1) is 7.11 Å². The number of fused-ring (bicyclic) bond motifs is 1. The average Bonchev–Trinajstić information content (AvgIpc) is 2.59. The second-order valence-corrected chi connectivity index (χ2v) is 4.16. The van der Waals surface area contributed by atoms with E-state index in [0.29, 0.717) is 9.99 Å². The molecule has 0 radical (unpaired) electrons. The molecule has 2 aromatic rings. The number of esters is 1. The van der Waals surface area contributed by atoms with Gasteiger partial charge in [0.2, 0.25) is 0 Å². The minimum absolute atomic E-state index is 0.0845. The Morgan fingerprint density at radius 1 is 1.62 bits per heavy atom. The molecule has 0 unspecified atom stereocenters. The number of halogens is 1. The number of methoxy groups -OCH3 is 1. The highest BCUT2D eigenvalue weighted by Gasteiger charge is 2.20. The summed E-state index contributed by atoms with van der Waals surface area (Å²) in [5.74, 6) is -0.751. The van der Waals surface area contributed by atoms with Crippen LogP contribution in [-0.2, 0) is 11.8 Å². The van der Waals surface area contributed by atoms with Crippen LogP contribution in [0.5, 0.6) is 5.75 Å². The van der Waals surface area contributed by atoms with Gasteiger partial charge in [-0.3, -0.25) is 4.68 Å². The monoisotopic (exact) mass is 284 g/mol. The molecule has 0 aliphatic rings. The molecule has 1 heterocycles. The van der Waals surface area contributed by atoms with Gasteiger partial charge >= 0.3 is 5.97 Å². The summed E-state index contributed by atoms with van der Waals surface area (Å²) >= 11 is 3.30. The fraction of sp³-hybridized carbons (Fsp3) is 0.200. The Bertz CT molecular complexity index is 577. The molecular formula is C10H9BrN2O3. The van der Waals surface area contributed by atoms with Gasteiger partial charge in [-0.1, -0.05) is 0 Å². The molecule has 1 N–H and O–H groups in total. The number of hydrogen-bond donors (Lipinski definition) is 1. The SMILES string of the molecule is COC(=O)c1c(O)cc(Br)c2cn(C)nc12. The quantitative estimate of drug-likeness (QED) is 0.812. The molecule has 0 spiro atoms. The lowest BCUT2D eigenvalue weighted by Gasteiger charge is -2.04. The van der Waals surface area contributed by atoms with Gasteiger partial charge in [0.1, 0.15) is 16.8 Å². The molecule has 2 rings (SSSR count). The first-order chi connectivity index (χ1) is 7.54. The van der Waals surface area contributed by atoms with E-state index in [1.54, 1.807) is 17.9 Å². The zero-order chi connectivity index (χ0) is 11.9. The Labute approximate surface area is 99.8 Å². The van der Waals surface area contributed by atoms with Crippen molar-refractivity contribution in [2.24, 2.45) is 7.05 Å². The number of aromatic nitrogens is 2. The molecule has 0 saturated heterocycles. The standard InChI is InChI=1S/C10H9BrN2O3/c1-13-4-5-6(11)3-7(14)8(9(5)12-13)10(15)16-2/h3-4,14H,1-2H3. The fourth-order valence-corrected chi connectivity index (χ4v) is 2.05. The average molecular weight is 285 g/mol. The predicted octanol–water partition coefficient (Wildman–Crippen LogP) is 1.83. The van der Waals surface area contributed by atoms with Crippen molar-refractivity contribution < 1.29 is 14.6 Å². The lowest BCUT2D eigenvalue weighted by atomic mass is 10.1. The van der Waals surface area contributed by atoms with Crippen molar-refractivity contribution in [3.63, 3.8) is 0 Å². The summed E-state index contributed by atoms with van der Waals surface area (Å²) in [6.45, 7) is 0. The van der Waals surface area contributed by atoms with Gasteiger partial charge in [-0.15, -0.1) is 0 Å². The van der Waals surface area contributed by atoms with Gasteiger partial charge in [0, 0.05) is 23.1 Å². The van der Waals surface area contributed by atoms with Crippen LogP contribution in [0.25, 0.3) is 10.9 Å². The van der Waals surface area contributed by atoms with Crippen LogP contribution >= 0.6 is 15.9 Å². The van der Waals surface area contributed by atoms with Crippen molar-refractivity contribution in [1.82, 2.24) is 9.78 Å². The van der Waals surface area contributed by atoms with E-state index in [9.17, 15) is 9.90 Å². The minimum Gasteiger partial charge on any atom is -0.507 e. The number of carbonyl (C=O) groups excluding carboxylic acids is 1. The molecule has 0 aliphatic carbocycles. The highest BCUT2D eigenvalue weighted by atomic mass is 79.9. The maximum Gasteiger partial charge on any atom is 0.343 e. The molecular weight excluding hydrogens is 276 g/mol. The van der Waals surface area contributed by atoms with Crippen LogP contribution in [0, 0.1) is 0 Å². The summed E-state index contributed by atoms with van der Waals surface area (Å²) in [7, 11) is 3.00. The molecule has 1 aromatic heterocycles. The lowest BCUT2D eigenvalue weighted by molar-refractivity contribution is 0.0599. The first-order valence-corrected chi connectivity index (χ1v) is 5.27. The van der Waals surface area contributed by atoms with Crippen molar-refractivity contribution in [3.8, 4) is 5.75 Å². The number of hydrogen-bond acceptors (Lipinski definition) is 4. The van der Waals surface area contributed by atoms with E-state index in [-0.39, 0.29) is 11.3 Å². The van der Waals surface area contributed by atoms with Crippen molar-refractivity contribution >= 4 is 32.8 Å². The van der Waals surface area contributed by atoms with E-state index in [1.807, 2.05) is 0 Å². The van der Waals surface area contributed by atoms with Crippen molar-refractivity contribution in [2.45, 2.75) is 0 Å². The summed E-state index contributed by atoms with van der Waals surface area (Å²) in [6.07, 6.45) is 1.76. The first-order valence-electron chi connectivity index (χ1n) is 4.47. The predicted molar refractivity (Wildman–Crippen MR) is 61.4 cm³/mol. The maximum absolute atomic E-state index is 11.5. The van der Waals surface area contributed by atoms with Crippen LogP contribution in [0.1, 0.15) is 10.4 Å². The Balaban J connectivity index is 2.86. The van der Waals surface area contributed by atoms with E-state index in [1.165, 1.54) is 13.2 Å². The number of phenols is 1. The summed E-state index contributed by atoms with van der Waals surface area (Å²) in [6, 6.07) is 1.45. The van der Waals surface area contributed by atoms with Crippen molar-refractivity contribution in [1.29, 1.82) is 0 Å². The highest BCUT2D eigenvalue weighted by Crippen LogP contribution is 2.33. The summed E-state index contributed by atoms with van der Waals surface area (Å²) in [5, 5.41) is 14.6. The van der Waals surface area contributed by atoms with E-state index in [0.717, 1.165) is 5.39 Å². The smallest absolute Gasteiger partial charge is 0.343 e. The minimum atomic E-state index is -0.603. The van der Waals surface area contributed by atoms with Crippen LogP contribution in [0.3, 0.4) is 0 Å². The van der Waals surface area contributed by atoms with E-state index in [4.69, 9.17) is 0 Å². The molecule has 0 amide bonds. The molecule has 1 aromatic carbocycles. The van der Waals surface area contributed by atoms with Gasteiger partial charge < -0.3 is 9.84 Å². The van der Waals surface area contributed by atoms with Crippen molar-refractivity contribution in [2.75, 3.05) is 7.11 Å². The molecule has 84 valence electrons. The number of carbonyl (C=O) groups is 1. The zero-order valence-electron chi connectivity index (χ0n) is 8.69. The number of ether oxygens (including phenoxy) is 1. The molecule has 6 heteroatoms. The molecule has 0 saturated carbocycles. The summed E-state index contributed by atoms with van der Waals surface area (Å²) < 4.78 is 6.86. The fourth-order valence-electron chi connectivity index (χ4n) is 1.54. The largest absolute Gasteiger partial charge is 0.507 e. The molecule has 5 nitrogen and oxygen atoms in total. The molecule has 16 heavy (non-hydrogen) atoms. The Hall–Kier alpha value is -1.56. The first kappa shape index (κ1) is 10.9. The number of benzene rings is 1. The Morgan fingerprint density at radius 2 is 2.31 bits per heavy atom. The second-order valence-electron chi connectivity index (χ2n) is 3.31. The number of rotatable bonds is 1. The maximum atomic E-state index is 11.5.